The summed E-state index contributed by atoms with van der Waals surface area (Å²) in [5.74, 6) is -0.0549. The summed E-state index contributed by atoms with van der Waals surface area (Å²) < 4.78 is 5.11. The number of ketones is 1. The maximum Gasteiger partial charge on any atom is 0.293 e. The molecule has 1 fully saturated rings. The van der Waals surface area contributed by atoms with Crippen molar-refractivity contribution < 1.29 is 14.3 Å². The second-order valence-electron chi connectivity index (χ2n) is 4.49. The molecule has 1 aliphatic rings. The Morgan fingerprint density at radius 2 is 2.11 bits per heavy atom. The van der Waals surface area contributed by atoms with E-state index in [4.69, 9.17) is 4.74 Å². The van der Waals surface area contributed by atoms with Crippen molar-refractivity contribution >= 4 is 24.7 Å². The topological polar surface area (TPSA) is 55.4 Å². The van der Waals surface area contributed by atoms with E-state index in [0.717, 1.165) is 5.56 Å². The third-order valence-electron chi connectivity index (χ3n) is 3.28. The zero-order valence-corrected chi connectivity index (χ0v) is 11.4. The molecule has 2 atom stereocenters. The standard InChI is InChI=1S/C14H17NO3.ClH/c16-10-18-14(8-11-4-2-1-3-5-11)12-9-15-7-6-13(12)17;/h1-5,10,12,14-15H,6-9H2;1H. The molecule has 2 unspecified atom stereocenters. The van der Waals surface area contributed by atoms with Crippen molar-refractivity contribution in [3.8, 4) is 0 Å². The quantitative estimate of drug-likeness (QED) is 0.830. The van der Waals surface area contributed by atoms with E-state index in [9.17, 15) is 9.59 Å². The number of benzene rings is 1. The predicted octanol–water partition coefficient (Wildman–Crippen LogP) is 1.37. The van der Waals surface area contributed by atoms with Crippen LogP contribution in [0.4, 0.5) is 0 Å². The van der Waals surface area contributed by atoms with E-state index < -0.39 is 0 Å². The van der Waals surface area contributed by atoms with E-state index in [1.165, 1.54) is 0 Å². The number of ether oxygens (including phenoxy) is 1. The number of Topliss-reactive ketones (excluding diaryl/α,β-unsaturated/α-hetero) is 1. The molecule has 1 heterocycles. The fourth-order valence-corrected chi connectivity index (χ4v) is 2.31. The van der Waals surface area contributed by atoms with Gasteiger partial charge in [-0.25, -0.2) is 0 Å². The van der Waals surface area contributed by atoms with Gasteiger partial charge in [0, 0.05) is 25.9 Å². The second-order valence-corrected chi connectivity index (χ2v) is 4.49. The minimum atomic E-state index is -0.370. The van der Waals surface area contributed by atoms with Gasteiger partial charge in [-0.05, 0) is 5.56 Å². The Labute approximate surface area is 118 Å². The monoisotopic (exact) mass is 283 g/mol. The lowest BCUT2D eigenvalue weighted by Crippen LogP contribution is -2.44. The first kappa shape index (κ1) is 15.7. The van der Waals surface area contributed by atoms with Crippen molar-refractivity contribution in [2.24, 2.45) is 5.92 Å². The molecule has 2 rings (SSSR count). The first-order chi connectivity index (χ1) is 8.81. The highest BCUT2D eigenvalue weighted by Gasteiger charge is 2.31. The van der Waals surface area contributed by atoms with E-state index in [-0.39, 0.29) is 30.2 Å². The van der Waals surface area contributed by atoms with Gasteiger partial charge in [0.2, 0.25) is 0 Å². The van der Waals surface area contributed by atoms with Gasteiger partial charge in [-0.2, -0.15) is 0 Å². The van der Waals surface area contributed by atoms with Crippen molar-refractivity contribution in [1.29, 1.82) is 0 Å². The fraction of sp³-hybridized carbons (Fsp3) is 0.429. The summed E-state index contributed by atoms with van der Waals surface area (Å²) in [6.45, 7) is 1.74. The van der Waals surface area contributed by atoms with Crippen LogP contribution in [-0.4, -0.2) is 31.4 Å². The number of piperidine rings is 1. The van der Waals surface area contributed by atoms with Crippen LogP contribution in [-0.2, 0) is 20.7 Å². The van der Waals surface area contributed by atoms with Gasteiger partial charge in [0.15, 0.2) is 0 Å². The first-order valence-electron chi connectivity index (χ1n) is 6.17. The van der Waals surface area contributed by atoms with Crippen LogP contribution in [0.15, 0.2) is 30.3 Å². The zero-order chi connectivity index (χ0) is 12.8. The largest absolute Gasteiger partial charge is 0.463 e. The molecule has 0 saturated carbocycles. The zero-order valence-electron chi connectivity index (χ0n) is 10.6. The fourth-order valence-electron chi connectivity index (χ4n) is 2.31. The van der Waals surface area contributed by atoms with Crippen molar-refractivity contribution in [3.05, 3.63) is 35.9 Å². The molecule has 0 aliphatic carbocycles. The van der Waals surface area contributed by atoms with Gasteiger partial charge < -0.3 is 10.1 Å². The van der Waals surface area contributed by atoms with E-state index in [1.807, 2.05) is 30.3 Å². The van der Waals surface area contributed by atoms with Crippen LogP contribution in [0.1, 0.15) is 12.0 Å². The number of carbonyl (C=O) groups is 2. The maximum absolute atomic E-state index is 11.9. The Bertz CT molecular complexity index is 410. The highest BCUT2D eigenvalue weighted by Crippen LogP contribution is 2.18. The Balaban J connectivity index is 0.00000180. The van der Waals surface area contributed by atoms with E-state index in [0.29, 0.717) is 32.4 Å². The molecule has 0 bridgehead atoms. The number of nitrogens with one attached hydrogen (secondary N) is 1. The third kappa shape index (κ3) is 4.33. The van der Waals surface area contributed by atoms with E-state index in [2.05, 4.69) is 5.32 Å². The van der Waals surface area contributed by atoms with E-state index >= 15 is 0 Å². The minimum absolute atomic E-state index is 0. The SMILES string of the molecule is Cl.O=COC(Cc1ccccc1)C1CNCCC1=O. The van der Waals surface area contributed by atoms with Gasteiger partial charge >= 0.3 is 0 Å². The molecule has 4 nitrogen and oxygen atoms in total. The molecule has 0 radical (unpaired) electrons. The molecule has 1 aromatic carbocycles. The van der Waals surface area contributed by atoms with Crippen LogP contribution in [0.2, 0.25) is 0 Å². The predicted molar refractivity (Wildman–Crippen MR) is 74.3 cm³/mol. The average Bonchev–Trinajstić information content (AvgIpc) is 2.40. The number of halogens is 1. The summed E-state index contributed by atoms with van der Waals surface area (Å²) in [5, 5.41) is 3.17. The summed E-state index contributed by atoms with van der Waals surface area (Å²) in [6, 6.07) is 9.76. The van der Waals surface area contributed by atoms with Crippen LogP contribution < -0.4 is 5.32 Å². The van der Waals surface area contributed by atoms with Crippen LogP contribution in [0.25, 0.3) is 0 Å². The van der Waals surface area contributed by atoms with Gasteiger partial charge in [-0.3, -0.25) is 9.59 Å². The molecule has 5 heteroatoms. The van der Waals surface area contributed by atoms with E-state index in [1.54, 1.807) is 0 Å². The van der Waals surface area contributed by atoms with Gasteiger partial charge in [0.1, 0.15) is 11.9 Å². The molecule has 1 aliphatic heterocycles. The second kappa shape index (κ2) is 7.92. The number of carbonyl (C=O) groups excluding carboxylic acids is 2. The van der Waals surface area contributed by atoms with Crippen molar-refractivity contribution in [1.82, 2.24) is 5.32 Å². The molecule has 1 N–H and O–H groups in total. The molecule has 1 saturated heterocycles. The lowest BCUT2D eigenvalue weighted by atomic mass is 9.88. The third-order valence-corrected chi connectivity index (χ3v) is 3.28. The normalized spacial score (nSPS) is 20.2. The lowest BCUT2D eigenvalue weighted by molar-refractivity contribution is -0.140. The Hall–Kier alpha value is -1.39. The van der Waals surface area contributed by atoms with Crippen LogP contribution >= 0.6 is 12.4 Å². The van der Waals surface area contributed by atoms with Crippen LogP contribution in [0.3, 0.4) is 0 Å². The van der Waals surface area contributed by atoms with Gasteiger partial charge in [0.25, 0.3) is 6.47 Å². The molecule has 1 aromatic rings. The highest BCUT2D eigenvalue weighted by molar-refractivity contribution is 5.85. The van der Waals surface area contributed by atoms with Crippen molar-refractivity contribution in [2.75, 3.05) is 13.1 Å². The summed E-state index contributed by atoms with van der Waals surface area (Å²) in [7, 11) is 0. The number of hydrogen-bond donors (Lipinski definition) is 1. The smallest absolute Gasteiger partial charge is 0.293 e. The lowest BCUT2D eigenvalue weighted by Gasteiger charge is -2.28. The first-order valence-corrected chi connectivity index (χ1v) is 6.17. The van der Waals surface area contributed by atoms with Gasteiger partial charge in [-0.1, -0.05) is 30.3 Å². The Kier molecular flexibility index (Phi) is 6.53. The Morgan fingerprint density at radius 1 is 1.37 bits per heavy atom. The molecule has 0 amide bonds. The summed E-state index contributed by atoms with van der Waals surface area (Å²) in [5.41, 5.74) is 1.07. The average molecular weight is 284 g/mol. The number of rotatable bonds is 5. The molecule has 0 spiro atoms. The van der Waals surface area contributed by atoms with Gasteiger partial charge in [0.05, 0.1) is 5.92 Å². The number of hydrogen-bond acceptors (Lipinski definition) is 4. The van der Waals surface area contributed by atoms with Crippen molar-refractivity contribution in [2.45, 2.75) is 18.9 Å². The summed E-state index contributed by atoms with van der Waals surface area (Å²) >= 11 is 0. The molecular formula is C14H18ClNO3. The molecule has 0 aromatic heterocycles. The van der Waals surface area contributed by atoms with Crippen LogP contribution in [0, 0.1) is 5.92 Å². The molecule has 19 heavy (non-hydrogen) atoms. The highest BCUT2D eigenvalue weighted by atomic mass is 35.5. The molecular weight excluding hydrogens is 266 g/mol. The minimum Gasteiger partial charge on any atom is -0.463 e. The van der Waals surface area contributed by atoms with Gasteiger partial charge in [-0.15, -0.1) is 12.4 Å². The summed E-state index contributed by atoms with van der Waals surface area (Å²) in [6.07, 6.45) is 0.723. The van der Waals surface area contributed by atoms with Crippen LogP contribution in [0.5, 0.6) is 0 Å². The maximum atomic E-state index is 11.9. The van der Waals surface area contributed by atoms with Crippen molar-refractivity contribution in [3.63, 3.8) is 0 Å². The molecule has 104 valence electrons. The summed E-state index contributed by atoms with van der Waals surface area (Å²) in [4.78, 5) is 22.5. The Morgan fingerprint density at radius 3 is 2.74 bits per heavy atom.